The largest absolute Gasteiger partial charge is 0.381 e. The van der Waals surface area contributed by atoms with Crippen LogP contribution < -0.4 is 10.6 Å². The first-order valence-corrected chi connectivity index (χ1v) is 6.78. The Labute approximate surface area is 99.3 Å². The summed E-state index contributed by atoms with van der Waals surface area (Å²) in [6.07, 6.45) is 5.16. The van der Waals surface area contributed by atoms with Crippen LogP contribution in [0.2, 0.25) is 0 Å². The molecule has 1 atom stereocenters. The number of rotatable bonds is 4. The van der Waals surface area contributed by atoms with Gasteiger partial charge in [-0.05, 0) is 56.7 Å². The van der Waals surface area contributed by atoms with Crippen LogP contribution in [0.3, 0.4) is 0 Å². The predicted molar refractivity (Wildman–Crippen MR) is 66.6 cm³/mol. The van der Waals surface area contributed by atoms with Gasteiger partial charge >= 0.3 is 0 Å². The number of ether oxygens (including phenoxy) is 1. The normalized spacial score (nSPS) is 30.2. The van der Waals surface area contributed by atoms with Gasteiger partial charge in [0.1, 0.15) is 0 Å². The van der Waals surface area contributed by atoms with Gasteiger partial charge < -0.3 is 15.4 Å². The van der Waals surface area contributed by atoms with Crippen molar-refractivity contribution in [2.75, 3.05) is 39.4 Å². The Bertz CT molecular complexity index is 196. The van der Waals surface area contributed by atoms with Gasteiger partial charge in [-0.25, -0.2) is 0 Å². The summed E-state index contributed by atoms with van der Waals surface area (Å²) in [6.45, 7) is 9.04. The highest BCUT2D eigenvalue weighted by Crippen LogP contribution is 2.28. The summed E-state index contributed by atoms with van der Waals surface area (Å²) in [6, 6.07) is 0. The molecule has 16 heavy (non-hydrogen) atoms. The van der Waals surface area contributed by atoms with Gasteiger partial charge in [0.2, 0.25) is 0 Å². The Morgan fingerprint density at radius 1 is 1.38 bits per heavy atom. The number of hydrogen-bond acceptors (Lipinski definition) is 3. The molecular formula is C13H26N2O. The molecule has 2 heterocycles. The standard InChI is InChI=1S/C13H26N2O/c1-13(4-7-16-8-5-13)11-15-10-12-3-2-6-14-9-12/h12,14-15H,2-11H2,1H3. The van der Waals surface area contributed by atoms with Gasteiger partial charge in [0.15, 0.2) is 0 Å². The zero-order chi connectivity index (χ0) is 11.3. The fourth-order valence-electron chi connectivity index (χ4n) is 2.72. The van der Waals surface area contributed by atoms with Crippen molar-refractivity contribution in [3.05, 3.63) is 0 Å². The second kappa shape index (κ2) is 5.99. The summed E-state index contributed by atoms with van der Waals surface area (Å²) in [4.78, 5) is 0. The van der Waals surface area contributed by atoms with E-state index in [-0.39, 0.29) is 0 Å². The molecule has 0 aromatic heterocycles. The molecule has 0 saturated carbocycles. The van der Waals surface area contributed by atoms with Gasteiger partial charge in [-0.2, -0.15) is 0 Å². The first kappa shape index (κ1) is 12.3. The minimum Gasteiger partial charge on any atom is -0.381 e. The fourth-order valence-corrected chi connectivity index (χ4v) is 2.72. The maximum Gasteiger partial charge on any atom is 0.0471 e. The van der Waals surface area contributed by atoms with Gasteiger partial charge in [0.25, 0.3) is 0 Å². The molecular weight excluding hydrogens is 200 g/mol. The zero-order valence-corrected chi connectivity index (χ0v) is 10.6. The third kappa shape index (κ3) is 3.72. The summed E-state index contributed by atoms with van der Waals surface area (Å²) >= 11 is 0. The third-order valence-corrected chi connectivity index (χ3v) is 4.08. The van der Waals surface area contributed by atoms with E-state index in [9.17, 15) is 0 Å². The summed E-state index contributed by atoms with van der Waals surface area (Å²) in [5, 5.41) is 7.14. The van der Waals surface area contributed by atoms with Crippen LogP contribution in [0.5, 0.6) is 0 Å². The van der Waals surface area contributed by atoms with Crippen molar-refractivity contribution in [1.82, 2.24) is 10.6 Å². The van der Waals surface area contributed by atoms with Gasteiger partial charge in [-0.1, -0.05) is 6.92 Å². The molecule has 0 amide bonds. The monoisotopic (exact) mass is 226 g/mol. The molecule has 2 aliphatic heterocycles. The number of nitrogens with one attached hydrogen (secondary N) is 2. The molecule has 0 radical (unpaired) electrons. The Morgan fingerprint density at radius 2 is 2.19 bits per heavy atom. The topological polar surface area (TPSA) is 33.3 Å². The van der Waals surface area contributed by atoms with E-state index in [0.717, 1.165) is 25.7 Å². The summed E-state index contributed by atoms with van der Waals surface area (Å²) in [7, 11) is 0. The van der Waals surface area contributed by atoms with Crippen molar-refractivity contribution in [2.45, 2.75) is 32.6 Å². The second-order valence-electron chi connectivity index (χ2n) is 5.77. The van der Waals surface area contributed by atoms with E-state index in [1.54, 1.807) is 0 Å². The Morgan fingerprint density at radius 3 is 2.88 bits per heavy atom. The molecule has 94 valence electrons. The smallest absolute Gasteiger partial charge is 0.0471 e. The highest BCUT2D eigenvalue weighted by Gasteiger charge is 2.27. The van der Waals surface area contributed by atoms with Gasteiger partial charge in [0, 0.05) is 19.8 Å². The predicted octanol–water partition coefficient (Wildman–Crippen LogP) is 1.39. The van der Waals surface area contributed by atoms with Gasteiger partial charge in [-0.15, -0.1) is 0 Å². The Balaban J connectivity index is 1.62. The van der Waals surface area contributed by atoms with Crippen molar-refractivity contribution < 1.29 is 4.74 Å². The maximum atomic E-state index is 5.42. The average Bonchev–Trinajstić information content (AvgIpc) is 2.31. The minimum atomic E-state index is 0.473. The second-order valence-corrected chi connectivity index (χ2v) is 5.77. The van der Waals surface area contributed by atoms with Crippen molar-refractivity contribution in [2.24, 2.45) is 11.3 Å². The molecule has 2 saturated heterocycles. The van der Waals surface area contributed by atoms with Crippen LogP contribution in [0.1, 0.15) is 32.6 Å². The lowest BCUT2D eigenvalue weighted by Gasteiger charge is -2.34. The molecule has 2 N–H and O–H groups in total. The summed E-state index contributed by atoms with van der Waals surface area (Å²) in [5.74, 6) is 0.845. The lowest BCUT2D eigenvalue weighted by Crippen LogP contribution is -2.41. The van der Waals surface area contributed by atoms with E-state index in [1.165, 1.54) is 45.3 Å². The first-order valence-electron chi connectivity index (χ1n) is 6.78. The molecule has 2 fully saturated rings. The SMILES string of the molecule is CC1(CNCC2CCCNC2)CCOCC1. The van der Waals surface area contributed by atoms with Crippen LogP contribution in [-0.4, -0.2) is 39.4 Å². The fraction of sp³-hybridized carbons (Fsp3) is 1.00. The minimum absolute atomic E-state index is 0.473. The highest BCUT2D eigenvalue weighted by molar-refractivity contribution is 4.80. The van der Waals surface area contributed by atoms with Crippen molar-refractivity contribution in [3.63, 3.8) is 0 Å². The van der Waals surface area contributed by atoms with Crippen LogP contribution in [0.25, 0.3) is 0 Å². The third-order valence-electron chi connectivity index (χ3n) is 4.08. The quantitative estimate of drug-likeness (QED) is 0.760. The van der Waals surface area contributed by atoms with Gasteiger partial charge in [0.05, 0.1) is 0 Å². The zero-order valence-electron chi connectivity index (χ0n) is 10.6. The lowest BCUT2D eigenvalue weighted by molar-refractivity contribution is 0.0237. The van der Waals surface area contributed by atoms with Crippen LogP contribution in [-0.2, 0) is 4.74 Å². The molecule has 2 aliphatic rings. The van der Waals surface area contributed by atoms with E-state index < -0.39 is 0 Å². The summed E-state index contributed by atoms with van der Waals surface area (Å²) < 4.78 is 5.42. The van der Waals surface area contributed by atoms with Crippen LogP contribution in [0.15, 0.2) is 0 Å². The molecule has 0 aromatic carbocycles. The van der Waals surface area contributed by atoms with Crippen LogP contribution in [0.4, 0.5) is 0 Å². The lowest BCUT2D eigenvalue weighted by atomic mass is 9.82. The van der Waals surface area contributed by atoms with Crippen LogP contribution >= 0.6 is 0 Å². The molecule has 0 aliphatic carbocycles. The van der Waals surface area contributed by atoms with Crippen molar-refractivity contribution in [3.8, 4) is 0 Å². The molecule has 0 spiro atoms. The van der Waals surface area contributed by atoms with Crippen molar-refractivity contribution >= 4 is 0 Å². The first-order chi connectivity index (χ1) is 7.79. The molecule has 0 bridgehead atoms. The molecule has 3 nitrogen and oxygen atoms in total. The van der Waals surface area contributed by atoms with Gasteiger partial charge in [-0.3, -0.25) is 0 Å². The molecule has 0 aromatic rings. The van der Waals surface area contributed by atoms with E-state index >= 15 is 0 Å². The Kier molecular flexibility index (Phi) is 4.62. The van der Waals surface area contributed by atoms with E-state index in [4.69, 9.17) is 4.74 Å². The number of piperidine rings is 1. The van der Waals surface area contributed by atoms with E-state index in [0.29, 0.717) is 5.41 Å². The molecule has 3 heteroatoms. The average molecular weight is 226 g/mol. The highest BCUT2D eigenvalue weighted by atomic mass is 16.5. The van der Waals surface area contributed by atoms with E-state index in [2.05, 4.69) is 17.6 Å². The van der Waals surface area contributed by atoms with Crippen LogP contribution in [0, 0.1) is 11.3 Å². The van der Waals surface area contributed by atoms with E-state index in [1.807, 2.05) is 0 Å². The molecule has 2 rings (SSSR count). The maximum absolute atomic E-state index is 5.42. The number of hydrogen-bond donors (Lipinski definition) is 2. The molecule has 1 unspecified atom stereocenters. The summed E-state index contributed by atoms with van der Waals surface area (Å²) in [5.41, 5.74) is 0.473. The Hall–Kier alpha value is -0.120. The van der Waals surface area contributed by atoms with Crippen molar-refractivity contribution in [1.29, 1.82) is 0 Å².